The van der Waals surface area contributed by atoms with Gasteiger partial charge in [-0.05, 0) is 30.9 Å². The van der Waals surface area contributed by atoms with Crippen LogP contribution in [0, 0.1) is 11.8 Å². The molecule has 0 radical (unpaired) electrons. The van der Waals surface area contributed by atoms with Gasteiger partial charge in [0.2, 0.25) is 12.1 Å². The normalized spacial score (nSPS) is 17.8. The van der Waals surface area contributed by atoms with Gasteiger partial charge >= 0.3 is 12.3 Å². The molecule has 1 atom stereocenters. The number of aliphatic hydroxyl groups is 1. The van der Waals surface area contributed by atoms with Gasteiger partial charge < -0.3 is 14.7 Å². The zero-order valence-electron chi connectivity index (χ0n) is 16.2. The number of aryl methyl sites for hydroxylation is 2. The lowest BCUT2D eigenvalue weighted by Gasteiger charge is -2.31. The maximum Gasteiger partial charge on any atom is 0.427 e. The maximum atomic E-state index is 15.2. The topological polar surface area (TPSA) is 80.5 Å². The van der Waals surface area contributed by atoms with Crippen LogP contribution in [-0.4, -0.2) is 62.6 Å². The van der Waals surface area contributed by atoms with Crippen LogP contribution < -0.4 is 0 Å². The van der Waals surface area contributed by atoms with Gasteiger partial charge in [-0.15, -0.1) is 0 Å². The number of carbonyl (C=O) groups excluding carboxylic acids is 1. The van der Waals surface area contributed by atoms with Crippen molar-refractivity contribution in [2.45, 2.75) is 43.9 Å². The van der Waals surface area contributed by atoms with Crippen molar-refractivity contribution < 1.29 is 36.6 Å². The van der Waals surface area contributed by atoms with E-state index in [9.17, 15) is 22.4 Å². The highest BCUT2D eigenvalue weighted by molar-refractivity contribution is 5.68. The second kappa shape index (κ2) is 8.06. The number of piperidine rings is 1. The van der Waals surface area contributed by atoms with Gasteiger partial charge in [-0.3, -0.25) is 4.57 Å². The number of ether oxygens (including phenoxy) is 1. The molecule has 0 bridgehead atoms. The molecule has 168 valence electrons. The average molecular weight is 446 g/mol. The number of imidazole rings is 1. The lowest BCUT2D eigenvalue weighted by molar-refractivity contribution is -0.214. The number of pyridine rings is 1. The highest BCUT2D eigenvalue weighted by Gasteiger charge is 2.43. The molecule has 1 amide bonds. The molecule has 4 rings (SSSR count). The Morgan fingerprint density at radius 2 is 1.97 bits per heavy atom. The first-order valence-corrected chi connectivity index (χ1v) is 9.74. The van der Waals surface area contributed by atoms with E-state index in [1.807, 2.05) is 0 Å². The lowest BCUT2D eigenvalue weighted by atomic mass is 9.94. The van der Waals surface area contributed by atoms with Gasteiger partial charge in [0.1, 0.15) is 17.5 Å². The molecule has 31 heavy (non-hydrogen) atoms. The van der Waals surface area contributed by atoms with E-state index in [1.54, 1.807) is 0 Å². The van der Waals surface area contributed by atoms with Gasteiger partial charge in [-0.25, -0.2) is 19.2 Å². The molecule has 2 aliphatic rings. The van der Waals surface area contributed by atoms with Gasteiger partial charge in [-0.2, -0.15) is 17.6 Å². The molecule has 0 aromatic carbocycles. The van der Waals surface area contributed by atoms with Crippen molar-refractivity contribution in [3.05, 3.63) is 41.1 Å². The van der Waals surface area contributed by atoms with E-state index in [2.05, 4.69) is 14.7 Å². The van der Waals surface area contributed by atoms with Crippen molar-refractivity contribution >= 4 is 6.09 Å². The number of alkyl halides is 3. The number of aromatic nitrogens is 3. The fourth-order valence-corrected chi connectivity index (χ4v) is 3.95. The van der Waals surface area contributed by atoms with Crippen LogP contribution in [-0.2, 0) is 17.6 Å². The molecule has 0 spiro atoms. The minimum atomic E-state index is -4.87. The van der Waals surface area contributed by atoms with Crippen LogP contribution in [0.1, 0.15) is 35.8 Å². The summed E-state index contributed by atoms with van der Waals surface area (Å²) in [5, 5.41) is 8.80. The third kappa shape index (κ3) is 4.08. The number of hydrogen-bond acceptors (Lipinski definition) is 5. The van der Waals surface area contributed by atoms with E-state index in [0.717, 1.165) is 11.1 Å². The van der Waals surface area contributed by atoms with Crippen LogP contribution >= 0.6 is 0 Å². The number of halogens is 5. The molecular weight excluding hydrogens is 427 g/mol. The molecule has 12 heteroatoms. The smallest absolute Gasteiger partial charge is 0.427 e. The molecule has 1 saturated heterocycles. The highest BCUT2D eigenvalue weighted by Crippen LogP contribution is 2.34. The van der Waals surface area contributed by atoms with Crippen molar-refractivity contribution in [3.8, 4) is 5.82 Å². The second-order valence-electron chi connectivity index (χ2n) is 7.53. The monoisotopic (exact) mass is 446 g/mol. The van der Waals surface area contributed by atoms with Gasteiger partial charge in [-0.1, -0.05) is 0 Å². The predicted molar refractivity (Wildman–Crippen MR) is 95.6 cm³/mol. The van der Waals surface area contributed by atoms with Crippen LogP contribution in [0.5, 0.6) is 0 Å². The van der Waals surface area contributed by atoms with E-state index >= 15 is 4.39 Å². The first-order valence-electron chi connectivity index (χ1n) is 9.74. The second-order valence-corrected chi connectivity index (χ2v) is 7.53. The number of nitrogens with zero attached hydrogens (tertiary/aromatic N) is 4. The Morgan fingerprint density at radius 3 is 2.61 bits per heavy atom. The molecule has 2 aliphatic heterocycles. The van der Waals surface area contributed by atoms with Crippen molar-refractivity contribution in [3.63, 3.8) is 0 Å². The third-order valence-corrected chi connectivity index (χ3v) is 5.57. The predicted octanol–water partition coefficient (Wildman–Crippen LogP) is 2.88. The van der Waals surface area contributed by atoms with Gasteiger partial charge in [0.05, 0.1) is 18.5 Å². The standard InChI is InChI=1S/C19H19F5N4O3/c20-12-7-11-1-2-14-26-15(16(21)28(14)17(11)25-8-12)10-3-5-27(6-4-10)18(30)31-13(9-29)19(22,23)24/h7-8,10,13,29H,1-6,9H2. The Labute approximate surface area is 173 Å². The fourth-order valence-electron chi connectivity index (χ4n) is 3.95. The summed E-state index contributed by atoms with van der Waals surface area (Å²) in [6.07, 6.45) is -6.17. The quantitative estimate of drug-likeness (QED) is 0.734. The minimum absolute atomic E-state index is 0.0567. The van der Waals surface area contributed by atoms with Crippen LogP contribution in [0.3, 0.4) is 0 Å². The molecule has 0 aliphatic carbocycles. The van der Waals surface area contributed by atoms with Gasteiger partial charge in [0.15, 0.2) is 0 Å². The zero-order valence-corrected chi connectivity index (χ0v) is 16.2. The average Bonchev–Trinajstić information content (AvgIpc) is 3.07. The largest absolute Gasteiger partial charge is 0.434 e. The van der Waals surface area contributed by atoms with E-state index in [0.29, 0.717) is 30.0 Å². The van der Waals surface area contributed by atoms with Crippen LogP contribution in [0.25, 0.3) is 5.82 Å². The molecule has 7 nitrogen and oxygen atoms in total. The van der Waals surface area contributed by atoms with Crippen molar-refractivity contribution in [1.29, 1.82) is 0 Å². The van der Waals surface area contributed by atoms with E-state index in [4.69, 9.17) is 5.11 Å². The first-order chi connectivity index (χ1) is 14.7. The Bertz CT molecular complexity index is 986. The molecule has 2 aromatic rings. The van der Waals surface area contributed by atoms with E-state index in [-0.39, 0.29) is 37.5 Å². The Hall–Kier alpha value is -2.76. The Kier molecular flexibility index (Phi) is 5.58. The number of aliphatic hydroxyl groups excluding tert-OH is 1. The molecule has 1 N–H and O–H groups in total. The molecule has 1 unspecified atom stereocenters. The van der Waals surface area contributed by atoms with Crippen LogP contribution in [0.15, 0.2) is 12.3 Å². The van der Waals surface area contributed by atoms with Crippen molar-refractivity contribution in [2.75, 3.05) is 19.7 Å². The van der Waals surface area contributed by atoms with Gasteiger partial charge in [0.25, 0.3) is 0 Å². The van der Waals surface area contributed by atoms with Crippen molar-refractivity contribution in [2.24, 2.45) is 0 Å². The fraction of sp³-hybridized carbons (Fsp3) is 0.526. The zero-order chi connectivity index (χ0) is 22.3. The minimum Gasteiger partial charge on any atom is -0.434 e. The van der Waals surface area contributed by atoms with E-state index in [1.165, 1.54) is 10.6 Å². The molecule has 0 saturated carbocycles. The molecule has 2 aromatic heterocycles. The number of likely N-dealkylation sites (tertiary alicyclic amines) is 1. The Morgan fingerprint density at radius 1 is 1.26 bits per heavy atom. The summed E-state index contributed by atoms with van der Waals surface area (Å²) in [7, 11) is 0. The molecule has 1 fully saturated rings. The molecular formula is C19H19F5N4O3. The third-order valence-electron chi connectivity index (χ3n) is 5.57. The van der Waals surface area contributed by atoms with Crippen LogP contribution in [0.4, 0.5) is 26.7 Å². The van der Waals surface area contributed by atoms with E-state index < -0.39 is 36.7 Å². The summed E-state index contributed by atoms with van der Waals surface area (Å²) in [6.45, 7) is -1.25. The SMILES string of the molecule is O=C(OC(CO)C(F)(F)F)N1CCC(c2nc3n(c2F)-c2ncc(F)cc2CC3)CC1. The van der Waals surface area contributed by atoms with Crippen molar-refractivity contribution in [1.82, 2.24) is 19.4 Å². The number of fused-ring (bicyclic) bond motifs is 3. The first kappa shape index (κ1) is 21.5. The number of carbonyl (C=O) groups is 1. The van der Waals surface area contributed by atoms with Crippen LogP contribution in [0.2, 0.25) is 0 Å². The summed E-state index contributed by atoms with van der Waals surface area (Å²) in [6, 6.07) is 1.31. The number of rotatable bonds is 3. The highest BCUT2D eigenvalue weighted by atomic mass is 19.4. The number of hydrogen-bond donors (Lipinski definition) is 1. The summed E-state index contributed by atoms with van der Waals surface area (Å²) in [5.74, 6) is -0.689. The lowest BCUT2D eigenvalue weighted by Crippen LogP contribution is -2.44. The maximum absolute atomic E-state index is 15.2. The summed E-state index contributed by atoms with van der Waals surface area (Å²) in [5.41, 5.74) is 0.779. The summed E-state index contributed by atoms with van der Waals surface area (Å²) < 4.78 is 72.3. The molecule has 4 heterocycles. The summed E-state index contributed by atoms with van der Waals surface area (Å²) in [4.78, 5) is 21.5. The van der Waals surface area contributed by atoms with Gasteiger partial charge in [0, 0.05) is 25.4 Å². The Balaban J connectivity index is 1.46. The number of amides is 1. The summed E-state index contributed by atoms with van der Waals surface area (Å²) >= 11 is 0.